The van der Waals surface area contributed by atoms with E-state index in [0.717, 1.165) is 5.92 Å². The zero-order valence-corrected chi connectivity index (χ0v) is 5.65. The van der Waals surface area contributed by atoms with Gasteiger partial charge in [0, 0.05) is 13.1 Å². The van der Waals surface area contributed by atoms with Crippen molar-refractivity contribution in [1.29, 1.82) is 0 Å². The first-order chi connectivity index (χ1) is 3.83. The third kappa shape index (κ3) is 1.20. The zero-order valence-electron chi connectivity index (χ0n) is 5.65. The monoisotopic (exact) mass is 114 g/mol. The summed E-state index contributed by atoms with van der Waals surface area (Å²) in [5, 5.41) is 2.25. The van der Waals surface area contributed by atoms with Gasteiger partial charge in [0.2, 0.25) is 0 Å². The van der Waals surface area contributed by atoms with Gasteiger partial charge in [-0.15, -0.1) is 0 Å². The highest BCUT2D eigenvalue weighted by Crippen LogP contribution is 2.11. The van der Waals surface area contributed by atoms with Gasteiger partial charge in [0.15, 0.2) is 0 Å². The lowest BCUT2D eigenvalue weighted by atomic mass is 10.2. The van der Waals surface area contributed by atoms with Crippen LogP contribution in [0.5, 0.6) is 0 Å². The second-order valence-corrected chi connectivity index (χ2v) is 2.56. The van der Waals surface area contributed by atoms with Crippen molar-refractivity contribution in [2.24, 2.45) is 5.92 Å². The molecule has 0 aromatic carbocycles. The van der Waals surface area contributed by atoms with Gasteiger partial charge in [0.25, 0.3) is 0 Å². The molecule has 0 aliphatic carbocycles. The quantitative estimate of drug-likeness (QED) is 0.533. The third-order valence-corrected chi connectivity index (χ3v) is 1.74. The van der Waals surface area contributed by atoms with Crippen molar-refractivity contribution in [3.05, 3.63) is 0 Å². The fourth-order valence-electron chi connectivity index (χ4n) is 1.14. The van der Waals surface area contributed by atoms with E-state index in [-0.39, 0.29) is 0 Å². The van der Waals surface area contributed by atoms with Gasteiger partial charge in [0.05, 0.1) is 0 Å². The van der Waals surface area contributed by atoms with Gasteiger partial charge >= 0.3 is 0 Å². The van der Waals surface area contributed by atoms with Crippen LogP contribution in [0.3, 0.4) is 0 Å². The molecule has 0 aromatic rings. The van der Waals surface area contributed by atoms with Gasteiger partial charge < -0.3 is 0 Å². The lowest BCUT2D eigenvalue weighted by Crippen LogP contribution is -2.32. The van der Waals surface area contributed by atoms with Crippen LogP contribution in [0.15, 0.2) is 0 Å². The van der Waals surface area contributed by atoms with E-state index in [4.69, 9.17) is 0 Å². The molecular formula is C6H14N2. The molecule has 1 atom stereocenters. The first kappa shape index (κ1) is 6.05. The van der Waals surface area contributed by atoms with Crippen molar-refractivity contribution in [1.82, 2.24) is 10.4 Å². The number of nitrogens with one attached hydrogen (secondary N) is 1. The molecule has 0 aromatic heterocycles. The molecule has 1 rings (SSSR count). The fraction of sp³-hybridized carbons (Fsp3) is 1.00. The van der Waals surface area contributed by atoms with Gasteiger partial charge in [-0.3, -0.25) is 5.43 Å². The van der Waals surface area contributed by atoms with E-state index in [1.807, 2.05) is 7.05 Å². The third-order valence-electron chi connectivity index (χ3n) is 1.74. The van der Waals surface area contributed by atoms with E-state index >= 15 is 0 Å². The van der Waals surface area contributed by atoms with Gasteiger partial charge in [-0.25, -0.2) is 5.01 Å². The fourth-order valence-corrected chi connectivity index (χ4v) is 1.14. The minimum Gasteiger partial charge on any atom is -0.258 e. The summed E-state index contributed by atoms with van der Waals surface area (Å²) in [6, 6.07) is 0. The summed E-state index contributed by atoms with van der Waals surface area (Å²) < 4.78 is 0. The maximum Gasteiger partial charge on any atom is 0.0157 e. The zero-order chi connectivity index (χ0) is 5.98. The largest absolute Gasteiger partial charge is 0.258 e. The summed E-state index contributed by atoms with van der Waals surface area (Å²) in [5.74, 6) is 0.891. The maximum atomic E-state index is 3.13. The number of hydrogen-bond donors (Lipinski definition) is 1. The van der Waals surface area contributed by atoms with Crippen LogP contribution in [0, 0.1) is 5.92 Å². The number of rotatable bonds is 1. The normalized spacial score (nSPS) is 31.5. The first-order valence-corrected chi connectivity index (χ1v) is 3.25. The molecule has 1 aliphatic rings. The van der Waals surface area contributed by atoms with E-state index in [9.17, 15) is 0 Å². The van der Waals surface area contributed by atoms with Crippen molar-refractivity contribution >= 4 is 0 Å². The number of hydrogen-bond acceptors (Lipinski definition) is 2. The SMILES string of the molecule is CNN1CCC(C)C1. The Balaban J connectivity index is 2.22. The molecule has 0 spiro atoms. The highest BCUT2D eigenvalue weighted by molar-refractivity contribution is 4.67. The van der Waals surface area contributed by atoms with Crippen LogP contribution in [0.1, 0.15) is 13.3 Å². The second-order valence-electron chi connectivity index (χ2n) is 2.56. The molecule has 1 saturated heterocycles. The minimum atomic E-state index is 0.891. The lowest BCUT2D eigenvalue weighted by Gasteiger charge is -2.11. The predicted octanol–water partition coefficient (Wildman–Crippen LogP) is 0.463. The van der Waals surface area contributed by atoms with Crippen molar-refractivity contribution < 1.29 is 0 Å². The number of nitrogens with zero attached hydrogens (tertiary/aromatic N) is 1. The summed E-state index contributed by atoms with van der Waals surface area (Å²) in [6.07, 6.45) is 1.35. The van der Waals surface area contributed by atoms with Crippen molar-refractivity contribution in [3.8, 4) is 0 Å². The summed E-state index contributed by atoms with van der Waals surface area (Å²) in [4.78, 5) is 0. The Morgan fingerprint density at radius 2 is 2.38 bits per heavy atom. The molecule has 0 amide bonds. The topological polar surface area (TPSA) is 15.3 Å². The van der Waals surface area contributed by atoms with Crippen LogP contribution in [-0.4, -0.2) is 25.1 Å². The van der Waals surface area contributed by atoms with Gasteiger partial charge in [-0.1, -0.05) is 6.92 Å². The lowest BCUT2D eigenvalue weighted by molar-refractivity contribution is 0.253. The predicted molar refractivity (Wildman–Crippen MR) is 34.4 cm³/mol. The minimum absolute atomic E-state index is 0.891. The Bertz CT molecular complexity index is 72.9. The summed E-state index contributed by atoms with van der Waals surface area (Å²) in [6.45, 7) is 4.73. The molecule has 1 aliphatic heterocycles. The van der Waals surface area contributed by atoms with Crippen molar-refractivity contribution in [3.63, 3.8) is 0 Å². The van der Waals surface area contributed by atoms with Crippen LogP contribution in [0.25, 0.3) is 0 Å². The van der Waals surface area contributed by atoms with Gasteiger partial charge in [-0.2, -0.15) is 0 Å². The highest BCUT2D eigenvalue weighted by atomic mass is 15.5. The van der Waals surface area contributed by atoms with E-state index in [1.54, 1.807) is 0 Å². The van der Waals surface area contributed by atoms with Crippen LogP contribution in [0.4, 0.5) is 0 Å². The smallest absolute Gasteiger partial charge is 0.0157 e. The van der Waals surface area contributed by atoms with Crippen LogP contribution in [-0.2, 0) is 0 Å². The van der Waals surface area contributed by atoms with Crippen molar-refractivity contribution in [2.45, 2.75) is 13.3 Å². The highest BCUT2D eigenvalue weighted by Gasteiger charge is 2.15. The Morgan fingerprint density at radius 3 is 2.62 bits per heavy atom. The Hall–Kier alpha value is -0.0800. The number of hydrazine groups is 1. The average molecular weight is 114 g/mol. The van der Waals surface area contributed by atoms with Crippen LogP contribution >= 0.6 is 0 Å². The Morgan fingerprint density at radius 1 is 1.62 bits per heavy atom. The molecule has 1 unspecified atom stereocenters. The van der Waals surface area contributed by atoms with E-state index in [1.165, 1.54) is 19.5 Å². The summed E-state index contributed by atoms with van der Waals surface area (Å²) in [7, 11) is 1.98. The van der Waals surface area contributed by atoms with Crippen LogP contribution in [0.2, 0.25) is 0 Å². The van der Waals surface area contributed by atoms with E-state index in [2.05, 4.69) is 17.4 Å². The summed E-state index contributed by atoms with van der Waals surface area (Å²) in [5.41, 5.74) is 3.13. The Kier molecular flexibility index (Phi) is 1.86. The first-order valence-electron chi connectivity index (χ1n) is 3.25. The van der Waals surface area contributed by atoms with E-state index in [0.29, 0.717) is 0 Å². The molecule has 48 valence electrons. The van der Waals surface area contributed by atoms with E-state index < -0.39 is 0 Å². The average Bonchev–Trinajstić information content (AvgIpc) is 2.14. The molecule has 1 heterocycles. The second kappa shape index (κ2) is 2.46. The molecule has 1 fully saturated rings. The van der Waals surface area contributed by atoms with Crippen molar-refractivity contribution in [2.75, 3.05) is 20.1 Å². The maximum absolute atomic E-state index is 3.13. The van der Waals surface area contributed by atoms with Gasteiger partial charge in [0.1, 0.15) is 0 Å². The molecule has 2 heteroatoms. The molecule has 2 nitrogen and oxygen atoms in total. The molecule has 0 radical (unpaired) electrons. The summed E-state index contributed by atoms with van der Waals surface area (Å²) >= 11 is 0. The molecule has 8 heavy (non-hydrogen) atoms. The molecule has 1 N–H and O–H groups in total. The standard InChI is InChI=1S/C6H14N2/c1-6-3-4-8(5-6)7-2/h6-7H,3-5H2,1-2H3. The van der Waals surface area contributed by atoms with Crippen LogP contribution < -0.4 is 5.43 Å². The molecule has 0 bridgehead atoms. The molecule has 0 saturated carbocycles. The molecular weight excluding hydrogens is 100 g/mol. The Labute approximate surface area is 50.8 Å². The van der Waals surface area contributed by atoms with Gasteiger partial charge in [-0.05, 0) is 19.4 Å².